The van der Waals surface area contributed by atoms with Gasteiger partial charge in [0.05, 0.1) is 17.4 Å². The number of likely N-dealkylation sites (tertiary alicyclic amines) is 1. The Hall–Kier alpha value is -1.36. The Morgan fingerprint density at radius 1 is 1.09 bits per heavy atom. The molecule has 5 nitrogen and oxygen atoms in total. The summed E-state index contributed by atoms with van der Waals surface area (Å²) in [4.78, 5) is 22.6. The molecule has 2 fully saturated rings. The second kappa shape index (κ2) is 7.27. The van der Waals surface area contributed by atoms with Crippen LogP contribution in [0.1, 0.15) is 44.9 Å². The molecule has 0 radical (unpaired) electrons. The number of carbonyl (C=O) groups is 1. The number of amides is 1. The van der Waals surface area contributed by atoms with E-state index in [-0.39, 0.29) is 12.0 Å². The van der Waals surface area contributed by atoms with Gasteiger partial charge in [0.25, 0.3) is 0 Å². The van der Waals surface area contributed by atoms with Crippen molar-refractivity contribution in [3.8, 4) is 6.01 Å². The molecule has 3 rings (SSSR count). The quantitative estimate of drug-likeness (QED) is 0.857. The van der Waals surface area contributed by atoms with Crippen LogP contribution >= 0.6 is 11.6 Å². The van der Waals surface area contributed by atoms with Crippen molar-refractivity contribution in [1.82, 2.24) is 14.9 Å². The molecular formula is C16H22ClN3O2. The Kier molecular flexibility index (Phi) is 5.13. The van der Waals surface area contributed by atoms with E-state index in [0.717, 1.165) is 38.8 Å². The Balaban J connectivity index is 1.47. The van der Waals surface area contributed by atoms with Crippen LogP contribution in [-0.4, -0.2) is 40.0 Å². The van der Waals surface area contributed by atoms with Gasteiger partial charge in [-0.05, 0) is 12.8 Å². The molecule has 2 aliphatic rings. The third kappa shape index (κ3) is 3.88. The highest BCUT2D eigenvalue weighted by molar-refractivity contribution is 6.30. The van der Waals surface area contributed by atoms with Gasteiger partial charge in [0.1, 0.15) is 6.10 Å². The van der Waals surface area contributed by atoms with Crippen LogP contribution < -0.4 is 4.74 Å². The first-order valence-electron chi connectivity index (χ1n) is 8.15. The number of piperidine rings is 1. The Bertz CT molecular complexity index is 495. The number of ether oxygens (including phenoxy) is 1. The zero-order chi connectivity index (χ0) is 15.4. The highest BCUT2D eigenvalue weighted by atomic mass is 35.5. The molecule has 1 aliphatic heterocycles. The van der Waals surface area contributed by atoms with Gasteiger partial charge in [-0.2, -0.15) is 0 Å². The summed E-state index contributed by atoms with van der Waals surface area (Å²) >= 11 is 5.76. The van der Waals surface area contributed by atoms with Gasteiger partial charge in [0.2, 0.25) is 5.91 Å². The lowest BCUT2D eigenvalue weighted by atomic mass is 9.88. The summed E-state index contributed by atoms with van der Waals surface area (Å²) in [6.45, 7) is 1.54. The maximum atomic E-state index is 12.5. The zero-order valence-electron chi connectivity index (χ0n) is 12.7. The molecule has 1 amide bonds. The molecule has 22 heavy (non-hydrogen) atoms. The fourth-order valence-corrected chi connectivity index (χ4v) is 3.41. The highest BCUT2D eigenvalue weighted by Gasteiger charge is 2.29. The van der Waals surface area contributed by atoms with Crippen molar-refractivity contribution >= 4 is 17.5 Å². The van der Waals surface area contributed by atoms with Crippen molar-refractivity contribution in [1.29, 1.82) is 0 Å². The smallest absolute Gasteiger partial charge is 0.316 e. The van der Waals surface area contributed by atoms with Gasteiger partial charge in [0.15, 0.2) is 0 Å². The van der Waals surface area contributed by atoms with E-state index < -0.39 is 0 Å². The Morgan fingerprint density at radius 2 is 1.73 bits per heavy atom. The molecule has 0 atom stereocenters. The maximum absolute atomic E-state index is 12.5. The minimum absolute atomic E-state index is 0.0802. The predicted molar refractivity (Wildman–Crippen MR) is 83.8 cm³/mol. The minimum atomic E-state index is 0.0802. The number of halogens is 1. The van der Waals surface area contributed by atoms with E-state index >= 15 is 0 Å². The topological polar surface area (TPSA) is 55.3 Å². The molecule has 1 saturated heterocycles. The van der Waals surface area contributed by atoms with E-state index in [1.54, 1.807) is 0 Å². The average Bonchev–Trinajstić information content (AvgIpc) is 2.58. The van der Waals surface area contributed by atoms with Gasteiger partial charge in [-0.3, -0.25) is 4.79 Å². The lowest BCUT2D eigenvalue weighted by Gasteiger charge is -2.34. The average molecular weight is 324 g/mol. The van der Waals surface area contributed by atoms with Crippen LogP contribution in [0.4, 0.5) is 0 Å². The van der Waals surface area contributed by atoms with Gasteiger partial charge in [0, 0.05) is 31.8 Å². The lowest BCUT2D eigenvalue weighted by molar-refractivity contribution is -0.138. The van der Waals surface area contributed by atoms with Gasteiger partial charge in [-0.1, -0.05) is 30.9 Å². The molecule has 120 valence electrons. The first-order valence-corrected chi connectivity index (χ1v) is 8.53. The van der Waals surface area contributed by atoms with Crippen molar-refractivity contribution in [2.45, 2.75) is 51.0 Å². The molecule has 0 bridgehead atoms. The van der Waals surface area contributed by atoms with E-state index in [1.165, 1.54) is 31.7 Å². The van der Waals surface area contributed by atoms with Gasteiger partial charge >= 0.3 is 6.01 Å². The standard InChI is InChI=1S/C16H22ClN3O2/c17-13-10-18-16(19-11-13)22-14-6-8-20(9-7-14)15(21)12-4-2-1-3-5-12/h10-12,14H,1-9H2. The molecule has 6 heteroatoms. The van der Waals surface area contributed by atoms with Crippen molar-refractivity contribution in [2.24, 2.45) is 5.92 Å². The largest absolute Gasteiger partial charge is 0.460 e. The SMILES string of the molecule is O=C(C1CCCCC1)N1CCC(Oc2ncc(Cl)cn2)CC1. The van der Waals surface area contributed by atoms with Crippen LogP contribution in [0.5, 0.6) is 6.01 Å². The summed E-state index contributed by atoms with van der Waals surface area (Å²) in [5.74, 6) is 0.603. The van der Waals surface area contributed by atoms with Crippen molar-refractivity contribution in [2.75, 3.05) is 13.1 Å². The van der Waals surface area contributed by atoms with E-state index in [4.69, 9.17) is 16.3 Å². The summed E-state index contributed by atoms with van der Waals surface area (Å²) < 4.78 is 5.77. The molecule has 0 aromatic carbocycles. The molecule has 2 heterocycles. The summed E-state index contributed by atoms with van der Waals surface area (Å²) in [5, 5.41) is 0.500. The predicted octanol–water partition coefficient (Wildman–Crippen LogP) is 3.08. The molecule has 0 N–H and O–H groups in total. The van der Waals surface area contributed by atoms with Crippen molar-refractivity contribution in [3.63, 3.8) is 0 Å². The first kappa shape index (κ1) is 15.5. The first-order chi connectivity index (χ1) is 10.7. The van der Waals surface area contributed by atoms with Gasteiger partial charge in [-0.15, -0.1) is 0 Å². The van der Waals surface area contributed by atoms with E-state index in [0.29, 0.717) is 16.9 Å². The maximum Gasteiger partial charge on any atom is 0.316 e. The van der Waals surface area contributed by atoms with Crippen LogP contribution in [0.3, 0.4) is 0 Å². The molecule has 0 spiro atoms. The van der Waals surface area contributed by atoms with Crippen LogP contribution in [-0.2, 0) is 4.79 Å². The molecule has 1 aliphatic carbocycles. The number of aromatic nitrogens is 2. The molecular weight excluding hydrogens is 302 g/mol. The fraction of sp³-hybridized carbons (Fsp3) is 0.688. The molecule has 1 saturated carbocycles. The molecule has 0 unspecified atom stereocenters. The summed E-state index contributed by atoms with van der Waals surface area (Å²) in [5.41, 5.74) is 0. The Labute approximate surface area is 136 Å². The number of nitrogens with zero attached hydrogens (tertiary/aromatic N) is 3. The van der Waals surface area contributed by atoms with Crippen molar-refractivity contribution < 1.29 is 9.53 Å². The fourth-order valence-electron chi connectivity index (χ4n) is 3.31. The second-order valence-electron chi connectivity index (χ2n) is 6.16. The number of hydrogen-bond donors (Lipinski definition) is 0. The normalized spacial score (nSPS) is 20.9. The lowest BCUT2D eigenvalue weighted by Crippen LogP contribution is -2.44. The summed E-state index contributed by atoms with van der Waals surface area (Å²) in [7, 11) is 0. The Morgan fingerprint density at radius 3 is 2.36 bits per heavy atom. The van der Waals surface area contributed by atoms with Gasteiger partial charge in [-0.25, -0.2) is 9.97 Å². The summed E-state index contributed by atoms with van der Waals surface area (Å²) in [6, 6.07) is 0.362. The van der Waals surface area contributed by atoms with Crippen molar-refractivity contribution in [3.05, 3.63) is 17.4 Å². The monoisotopic (exact) mass is 323 g/mol. The zero-order valence-corrected chi connectivity index (χ0v) is 13.5. The molecule has 1 aromatic heterocycles. The van der Waals surface area contributed by atoms with E-state index in [9.17, 15) is 4.79 Å². The molecule has 1 aromatic rings. The number of rotatable bonds is 3. The summed E-state index contributed by atoms with van der Waals surface area (Å²) in [6.07, 6.45) is 10.6. The van der Waals surface area contributed by atoms with E-state index in [1.807, 2.05) is 4.90 Å². The van der Waals surface area contributed by atoms with Crippen LogP contribution in [0.25, 0.3) is 0 Å². The third-order valence-electron chi connectivity index (χ3n) is 4.58. The highest BCUT2D eigenvalue weighted by Crippen LogP contribution is 2.27. The van der Waals surface area contributed by atoms with Gasteiger partial charge < -0.3 is 9.64 Å². The number of hydrogen-bond acceptors (Lipinski definition) is 4. The van der Waals surface area contributed by atoms with E-state index in [2.05, 4.69) is 9.97 Å². The second-order valence-corrected chi connectivity index (χ2v) is 6.60. The number of carbonyl (C=O) groups excluding carboxylic acids is 1. The van der Waals surface area contributed by atoms with Crippen LogP contribution in [0.15, 0.2) is 12.4 Å². The third-order valence-corrected chi connectivity index (χ3v) is 4.77. The van der Waals surface area contributed by atoms with Crippen LogP contribution in [0, 0.1) is 5.92 Å². The minimum Gasteiger partial charge on any atom is -0.460 e. The van der Waals surface area contributed by atoms with Crippen LogP contribution in [0.2, 0.25) is 5.02 Å².